The van der Waals surface area contributed by atoms with E-state index >= 15 is 0 Å². The van der Waals surface area contributed by atoms with Crippen molar-refractivity contribution in [3.63, 3.8) is 0 Å². The van der Waals surface area contributed by atoms with Gasteiger partial charge < -0.3 is 0 Å². The number of hydrogen-bond donors (Lipinski definition) is 0. The fourth-order valence-electron chi connectivity index (χ4n) is 2.34. The van der Waals surface area contributed by atoms with Gasteiger partial charge >= 0.3 is 6.18 Å². The number of aromatic nitrogens is 2. The van der Waals surface area contributed by atoms with E-state index in [1.54, 1.807) is 19.1 Å². The van der Waals surface area contributed by atoms with Crippen LogP contribution in [0.5, 0.6) is 0 Å². The summed E-state index contributed by atoms with van der Waals surface area (Å²) >= 11 is 0. The molecule has 1 aromatic heterocycles. The molecular weight excluding hydrogens is 308 g/mol. The van der Waals surface area contributed by atoms with Crippen molar-refractivity contribution in [3.8, 4) is 16.9 Å². The molecule has 0 saturated heterocycles. The Morgan fingerprint density at radius 2 is 1.65 bits per heavy atom. The van der Waals surface area contributed by atoms with Gasteiger partial charge in [0.1, 0.15) is 5.82 Å². The van der Waals surface area contributed by atoms with Crippen LogP contribution in [-0.4, -0.2) is 9.78 Å². The molecule has 2 aromatic carbocycles. The molecule has 0 aliphatic heterocycles. The Bertz CT molecular complexity index is 833. The molecule has 2 nitrogen and oxygen atoms in total. The van der Waals surface area contributed by atoms with Gasteiger partial charge in [-0.15, -0.1) is 0 Å². The fraction of sp³-hybridized carbons (Fsp3) is 0.118. The number of rotatable bonds is 2. The Labute approximate surface area is 130 Å². The molecule has 0 N–H and O–H groups in total. The molecule has 118 valence electrons. The van der Waals surface area contributed by atoms with Crippen LogP contribution in [-0.2, 0) is 6.18 Å². The highest BCUT2D eigenvalue weighted by atomic mass is 19.4. The minimum Gasteiger partial charge on any atom is -0.233 e. The molecule has 0 saturated carbocycles. The van der Waals surface area contributed by atoms with Gasteiger partial charge in [0.15, 0.2) is 0 Å². The zero-order chi connectivity index (χ0) is 16.6. The molecule has 6 heteroatoms. The predicted octanol–water partition coefficient (Wildman–Crippen LogP) is 5.01. The largest absolute Gasteiger partial charge is 0.416 e. The predicted molar refractivity (Wildman–Crippen MR) is 78.7 cm³/mol. The number of nitrogens with zero attached hydrogens (tertiary/aromatic N) is 2. The lowest BCUT2D eigenvalue weighted by molar-refractivity contribution is -0.137. The van der Waals surface area contributed by atoms with Crippen molar-refractivity contribution in [3.05, 3.63) is 71.7 Å². The van der Waals surface area contributed by atoms with E-state index in [-0.39, 0.29) is 0 Å². The first-order valence-corrected chi connectivity index (χ1v) is 6.85. The zero-order valence-corrected chi connectivity index (χ0v) is 12.1. The van der Waals surface area contributed by atoms with Gasteiger partial charge in [-0.05, 0) is 49.4 Å². The smallest absolute Gasteiger partial charge is 0.233 e. The summed E-state index contributed by atoms with van der Waals surface area (Å²) in [5.74, 6) is -0.391. The summed E-state index contributed by atoms with van der Waals surface area (Å²) in [5.41, 5.74) is 1.41. The molecular formula is C17H12F4N2. The first-order chi connectivity index (χ1) is 10.8. The first kappa shape index (κ1) is 15.3. The summed E-state index contributed by atoms with van der Waals surface area (Å²) in [6.45, 7) is 1.75. The third-order valence-electron chi connectivity index (χ3n) is 3.39. The highest BCUT2D eigenvalue weighted by molar-refractivity contribution is 5.63. The maximum atomic E-state index is 13.1. The molecule has 0 radical (unpaired) electrons. The average Bonchev–Trinajstić information content (AvgIpc) is 2.89. The maximum Gasteiger partial charge on any atom is 0.416 e. The lowest BCUT2D eigenvalue weighted by Gasteiger charge is -2.11. The molecule has 0 aliphatic rings. The van der Waals surface area contributed by atoms with Gasteiger partial charge in [0.05, 0.1) is 22.6 Å². The lowest BCUT2D eigenvalue weighted by Crippen LogP contribution is -2.05. The van der Waals surface area contributed by atoms with Crippen molar-refractivity contribution in [2.45, 2.75) is 13.1 Å². The third kappa shape index (κ3) is 3.11. The van der Waals surface area contributed by atoms with Crippen molar-refractivity contribution < 1.29 is 17.6 Å². The van der Waals surface area contributed by atoms with Crippen LogP contribution in [0.2, 0.25) is 0 Å². The second-order valence-corrected chi connectivity index (χ2v) is 5.14. The molecule has 0 bridgehead atoms. The Morgan fingerprint density at radius 3 is 2.30 bits per heavy atom. The van der Waals surface area contributed by atoms with Crippen molar-refractivity contribution >= 4 is 0 Å². The average molecular weight is 320 g/mol. The van der Waals surface area contributed by atoms with Crippen molar-refractivity contribution in [1.29, 1.82) is 0 Å². The minimum absolute atomic E-state index is 0.391. The van der Waals surface area contributed by atoms with Crippen LogP contribution >= 0.6 is 0 Å². The van der Waals surface area contributed by atoms with Gasteiger partial charge in [-0.25, -0.2) is 9.07 Å². The zero-order valence-electron chi connectivity index (χ0n) is 12.1. The second kappa shape index (κ2) is 5.53. The van der Waals surface area contributed by atoms with Gasteiger partial charge in [-0.3, -0.25) is 0 Å². The molecule has 0 amide bonds. The summed E-state index contributed by atoms with van der Waals surface area (Å²) in [7, 11) is 0. The minimum atomic E-state index is -4.41. The lowest BCUT2D eigenvalue weighted by atomic mass is 10.1. The summed E-state index contributed by atoms with van der Waals surface area (Å²) in [6.07, 6.45) is -4.41. The van der Waals surface area contributed by atoms with Crippen LogP contribution in [0.25, 0.3) is 16.9 Å². The summed E-state index contributed by atoms with van der Waals surface area (Å²) in [6, 6.07) is 12.4. The first-order valence-electron chi connectivity index (χ1n) is 6.85. The Hall–Kier alpha value is -2.63. The molecule has 1 heterocycles. The standard InChI is InChI=1S/C17H12F4N2/c1-11-9-16(12-3-2-4-13(10-12)17(19,20)21)23(22-11)15-7-5-14(18)6-8-15/h2-10H,1H3. The molecule has 3 rings (SSSR count). The van der Waals surface area contributed by atoms with Crippen LogP contribution < -0.4 is 0 Å². The van der Waals surface area contributed by atoms with Crippen LogP contribution in [0.1, 0.15) is 11.3 Å². The van der Waals surface area contributed by atoms with Crippen molar-refractivity contribution in [2.24, 2.45) is 0 Å². The highest BCUT2D eigenvalue weighted by Gasteiger charge is 2.30. The molecule has 0 aliphatic carbocycles. The Balaban J connectivity index is 2.13. The number of benzene rings is 2. The van der Waals surface area contributed by atoms with E-state index in [4.69, 9.17) is 0 Å². The maximum absolute atomic E-state index is 13.1. The van der Waals surface area contributed by atoms with Gasteiger partial charge in [-0.2, -0.15) is 18.3 Å². The molecule has 0 fully saturated rings. The SMILES string of the molecule is Cc1cc(-c2cccc(C(F)(F)F)c2)n(-c2ccc(F)cc2)n1. The van der Waals surface area contributed by atoms with Crippen LogP contribution in [0.15, 0.2) is 54.6 Å². The van der Waals surface area contributed by atoms with E-state index in [0.717, 1.165) is 12.1 Å². The van der Waals surface area contributed by atoms with Crippen molar-refractivity contribution in [1.82, 2.24) is 9.78 Å². The quantitative estimate of drug-likeness (QED) is 0.607. The Morgan fingerprint density at radius 1 is 0.957 bits per heavy atom. The molecule has 3 aromatic rings. The highest BCUT2D eigenvalue weighted by Crippen LogP contribution is 2.33. The van der Waals surface area contributed by atoms with E-state index in [9.17, 15) is 17.6 Å². The number of alkyl halides is 3. The fourth-order valence-corrected chi connectivity index (χ4v) is 2.34. The topological polar surface area (TPSA) is 17.8 Å². The van der Waals surface area contributed by atoms with Crippen molar-refractivity contribution in [2.75, 3.05) is 0 Å². The normalized spacial score (nSPS) is 11.7. The molecule has 0 atom stereocenters. The number of halogens is 4. The molecule has 23 heavy (non-hydrogen) atoms. The number of hydrogen-bond acceptors (Lipinski definition) is 1. The number of aryl methyl sites for hydroxylation is 1. The third-order valence-corrected chi connectivity index (χ3v) is 3.39. The van der Waals surface area contributed by atoms with E-state index < -0.39 is 17.6 Å². The van der Waals surface area contributed by atoms with E-state index in [2.05, 4.69) is 5.10 Å². The summed E-state index contributed by atoms with van der Waals surface area (Å²) < 4.78 is 53.2. The van der Waals surface area contributed by atoms with Crippen LogP contribution in [0, 0.1) is 12.7 Å². The summed E-state index contributed by atoms with van der Waals surface area (Å²) in [4.78, 5) is 0. The molecule has 0 spiro atoms. The van der Waals surface area contributed by atoms with Gasteiger partial charge in [0.25, 0.3) is 0 Å². The van der Waals surface area contributed by atoms with Crippen LogP contribution in [0.3, 0.4) is 0 Å². The monoisotopic (exact) mass is 320 g/mol. The van der Waals surface area contributed by atoms with E-state index in [1.807, 2.05) is 0 Å². The van der Waals surface area contributed by atoms with E-state index in [0.29, 0.717) is 22.6 Å². The van der Waals surface area contributed by atoms with Gasteiger partial charge in [0.2, 0.25) is 0 Å². The van der Waals surface area contributed by atoms with Gasteiger partial charge in [-0.1, -0.05) is 12.1 Å². The Kier molecular flexibility index (Phi) is 3.67. The molecule has 0 unspecified atom stereocenters. The van der Waals surface area contributed by atoms with Crippen LogP contribution in [0.4, 0.5) is 17.6 Å². The summed E-state index contributed by atoms with van der Waals surface area (Å²) in [5, 5.41) is 4.29. The van der Waals surface area contributed by atoms with E-state index in [1.165, 1.54) is 35.0 Å². The second-order valence-electron chi connectivity index (χ2n) is 5.14. The van der Waals surface area contributed by atoms with Gasteiger partial charge in [0, 0.05) is 5.56 Å².